The number of anilines is 3. The van der Waals surface area contributed by atoms with E-state index in [-0.39, 0.29) is 11.7 Å². The van der Waals surface area contributed by atoms with Crippen molar-refractivity contribution in [3.05, 3.63) is 36.0 Å². The van der Waals surface area contributed by atoms with Gasteiger partial charge in [-0.25, -0.2) is 9.78 Å². The Kier molecular flexibility index (Phi) is 7.81. The molecule has 0 unspecified atom stereocenters. The van der Waals surface area contributed by atoms with Gasteiger partial charge in [-0.15, -0.1) is 0 Å². The van der Waals surface area contributed by atoms with E-state index in [0.717, 1.165) is 60.6 Å². The number of benzene rings is 1. The van der Waals surface area contributed by atoms with Gasteiger partial charge in [0.15, 0.2) is 0 Å². The predicted molar refractivity (Wildman–Crippen MR) is 124 cm³/mol. The molecule has 0 spiro atoms. The van der Waals surface area contributed by atoms with E-state index in [2.05, 4.69) is 35.6 Å². The lowest BCUT2D eigenvalue weighted by Gasteiger charge is -2.13. The number of halogens is 3. The van der Waals surface area contributed by atoms with E-state index in [0.29, 0.717) is 17.4 Å². The maximum atomic E-state index is 12.9. The molecule has 2 amide bonds. The summed E-state index contributed by atoms with van der Waals surface area (Å²) in [4.78, 5) is 23.3. The van der Waals surface area contributed by atoms with Crippen molar-refractivity contribution in [3.63, 3.8) is 0 Å². The van der Waals surface area contributed by atoms with E-state index in [1.54, 1.807) is 0 Å². The lowest BCUT2D eigenvalue weighted by molar-refractivity contribution is -0.0691. The second-order valence-electron chi connectivity index (χ2n) is 7.51. The maximum Gasteiger partial charge on any atom is 0.451 e. The Morgan fingerprint density at radius 2 is 1.94 bits per heavy atom. The van der Waals surface area contributed by atoms with Gasteiger partial charge < -0.3 is 20.3 Å². The monoisotopic (exact) mass is 546 g/mol. The standard InChI is InChI=1S/C20H25F2IN6O2/c1-29(2)11-3-10-24-17-12-16(13-4-5-13)26-18(27-17)28-19(30)25-14-6-8-15(9-7-14)31-20(21,22)23/h6-9,12-13H,3-5,10-11H2,1-2H3,(H3,24,25,26,27,28,30). The third-order valence-electron chi connectivity index (χ3n) is 4.40. The van der Waals surface area contributed by atoms with Gasteiger partial charge in [0, 0.05) is 24.2 Å². The third kappa shape index (κ3) is 8.40. The van der Waals surface area contributed by atoms with Gasteiger partial charge in [-0.05, 0) is 64.2 Å². The van der Waals surface area contributed by atoms with Crippen LogP contribution in [0.1, 0.15) is 30.9 Å². The van der Waals surface area contributed by atoms with Crippen molar-refractivity contribution in [3.8, 4) is 5.75 Å². The lowest BCUT2D eigenvalue weighted by atomic mass is 10.2. The SMILES string of the molecule is CN(C)CCCNc1cc(C2CC2)nc(NC(=O)Nc2ccc(OC(F)(F)I)cc2)n1. The number of urea groups is 1. The Labute approximate surface area is 193 Å². The van der Waals surface area contributed by atoms with Crippen LogP contribution in [0.3, 0.4) is 0 Å². The molecule has 1 aromatic heterocycles. The molecule has 1 saturated carbocycles. The minimum Gasteiger partial charge on any atom is -0.425 e. The number of nitrogens with zero attached hydrogens (tertiary/aromatic N) is 3. The number of carbonyl (C=O) groups excluding carboxylic acids is 1. The molecule has 1 aromatic carbocycles. The quantitative estimate of drug-likeness (QED) is 0.227. The fraction of sp³-hybridized carbons (Fsp3) is 0.450. The molecule has 1 aliphatic carbocycles. The largest absolute Gasteiger partial charge is 0.451 e. The summed E-state index contributed by atoms with van der Waals surface area (Å²) in [5.41, 5.74) is 1.32. The average molecular weight is 546 g/mol. The number of carbonyl (C=O) groups is 1. The summed E-state index contributed by atoms with van der Waals surface area (Å²) in [7, 11) is 4.05. The Bertz CT molecular complexity index is 888. The summed E-state index contributed by atoms with van der Waals surface area (Å²) in [6, 6.07) is 7.04. The van der Waals surface area contributed by atoms with Crippen LogP contribution in [0.5, 0.6) is 5.75 Å². The minimum atomic E-state index is -3.30. The molecule has 0 bridgehead atoms. The molecule has 168 valence electrons. The van der Waals surface area contributed by atoms with Crippen LogP contribution in [-0.2, 0) is 0 Å². The van der Waals surface area contributed by atoms with Crippen LogP contribution in [0.2, 0.25) is 0 Å². The zero-order valence-corrected chi connectivity index (χ0v) is 19.4. The summed E-state index contributed by atoms with van der Waals surface area (Å²) >= 11 is 0.892. The fourth-order valence-electron chi connectivity index (χ4n) is 2.82. The summed E-state index contributed by atoms with van der Waals surface area (Å²) in [5, 5.41) is 8.56. The van der Waals surface area contributed by atoms with Crippen molar-refractivity contribution >= 4 is 46.1 Å². The van der Waals surface area contributed by atoms with E-state index < -0.39 is 10.1 Å². The smallest absolute Gasteiger partial charge is 0.425 e. The minimum absolute atomic E-state index is 0.00388. The zero-order chi connectivity index (χ0) is 22.4. The van der Waals surface area contributed by atoms with Gasteiger partial charge in [-0.1, -0.05) is 0 Å². The Balaban J connectivity index is 1.59. The number of hydrogen-bond donors (Lipinski definition) is 3. The molecule has 31 heavy (non-hydrogen) atoms. The third-order valence-corrected chi connectivity index (χ3v) is 4.62. The fourth-order valence-corrected chi connectivity index (χ4v) is 3.07. The maximum absolute atomic E-state index is 12.9. The highest BCUT2D eigenvalue weighted by atomic mass is 127. The molecule has 0 atom stereocenters. The first-order valence-corrected chi connectivity index (χ1v) is 11.0. The van der Waals surface area contributed by atoms with Gasteiger partial charge in [0.25, 0.3) is 0 Å². The van der Waals surface area contributed by atoms with Crippen LogP contribution in [0.4, 0.5) is 31.0 Å². The molecule has 3 rings (SSSR count). The molecule has 0 aliphatic heterocycles. The van der Waals surface area contributed by atoms with Gasteiger partial charge in [0.05, 0.1) is 28.3 Å². The second-order valence-corrected chi connectivity index (χ2v) is 8.77. The number of ether oxygens (including phenoxy) is 1. The van der Waals surface area contributed by atoms with Crippen LogP contribution in [0, 0.1) is 0 Å². The molecule has 11 heteroatoms. The van der Waals surface area contributed by atoms with Crippen molar-refractivity contribution in [2.75, 3.05) is 43.1 Å². The van der Waals surface area contributed by atoms with Crippen LogP contribution in [0.25, 0.3) is 0 Å². The number of amides is 2. The van der Waals surface area contributed by atoms with E-state index in [9.17, 15) is 13.6 Å². The van der Waals surface area contributed by atoms with Gasteiger partial charge in [0.1, 0.15) is 11.6 Å². The molecule has 2 aromatic rings. The highest BCUT2D eigenvalue weighted by Crippen LogP contribution is 2.39. The van der Waals surface area contributed by atoms with Crippen molar-refractivity contribution in [2.24, 2.45) is 0 Å². The Hall–Kier alpha value is -2.28. The number of hydrogen-bond acceptors (Lipinski definition) is 6. The molecule has 0 saturated heterocycles. The topological polar surface area (TPSA) is 91.4 Å². The molecule has 1 heterocycles. The Morgan fingerprint density at radius 1 is 1.23 bits per heavy atom. The number of alkyl halides is 3. The molecule has 1 aliphatic rings. The summed E-state index contributed by atoms with van der Waals surface area (Å²) in [6.45, 7) is 1.72. The first-order valence-electron chi connectivity index (χ1n) is 9.89. The normalized spacial score (nSPS) is 13.7. The molecular weight excluding hydrogens is 521 g/mol. The van der Waals surface area contributed by atoms with Gasteiger partial charge >= 0.3 is 10.1 Å². The number of aromatic nitrogens is 2. The van der Waals surface area contributed by atoms with Crippen LogP contribution in [-0.4, -0.2) is 52.2 Å². The average Bonchev–Trinajstić information content (AvgIpc) is 3.51. The highest BCUT2D eigenvalue weighted by Gasteiger charge is 2.27. The first kappa shape index (κ1) is 23.4. The van der Waals surface area contributed by atoms with Crippen molar-refractivity contribution in [1.82, 2.24) is 14.9 Å². The van der Waals surface area contributed by atoms with E-state index >= 15 is 0 Å². The lowest BCUT2D eigenvalue weighted by Crippen LogP contribution is -2.22. The molecule has 1 fully saturated rings. The molecule has 3 N–H and O–H groups in total. The van der Waals surface area contributed by atoms with Crippen LogP contribution < -0.4 is 20.7 Å². The Morgan fingerprint density at radius 3 is 2.55 bits per heavy atom. The van der Waals surface area contributed by atoms with Crippen LogP contribution in [0.15, 0.2) is 30.3 Å². The van der Waals surface area contributed by atoms with Crippen molar-refractivity contribution < 1.29 is 18.3 Å². The summed E-state index contributed by atoms with van der Waals surface area (Å²) in [6.07, 6.45) is 3.11. The van der Waals surface area contributed by atoms with Crippen molar-refractivity contribution in [2.45, 2.75) is 29.3 Å². The predicted octanol–water partition coefficient (Wildman–Crippen LogP) is 4.73. The summed E-state index contributed by atoms with van der Waals surface area (Å²) < 4.78 is 26.9. The van der Waals surface area contributed by atoms with Gasteiger partial charge in [-0.2, -0.15) is 13.8 Å². The van der Waals surface area contributed by atoms with E-state index in [1.165, 1.54) is 24.3 Å². The van der Waals surface area contributed by atoms with Crippen LogP contribution >= 0.6 is 22.6 Å². The molecular formula is C20H25F2IN6O2. The van der Waals surface area contributed by atoms with E-state index in [1.807, 2.05) is 20.2 Å². The highest BCUT2D eigenvalue weighted by molar-refractivity contribution is 14.1. The number of nitrogens with one attached hydrogen (secondary N) is 3. The summed E-state index contributed by atoms with van der Waals surface area (Å²) in [5.74, 6) is 1.28. The second kappa shape index (κ2) is 10.4. The zero-order valence-electron chi connectivity index (χ0n) is 17.3. The molecule has 0 radical (unpaired) electrons. The van der Waals surface area contributed by atoms with E-state index in [4.69, 9.17) is 0 Å². The van der Waals surface area contributed by atoms with Crippen molar-refractivity contribution in [1.29, 1.82) is 0 Å². The first-order chi connectivity index (χ1) is 14.7. The van der Waals surface area contributed by atoms with Gasteiger partial charge in [0.2, 0.25) is 5.95 Å². The molecule has 8 nitrogen and oxygen atoms in total. The van der Waals surface area contributed by atoms with Gasteiger partial charge in [-0.3, -0.25) is 5.32 Å². The number of rotatable bonds is 10.